The number of unbranched alkanes of at least 4 members (excludes halogenated alkanes) is 17. The maximum atomic E-state index is 8.81. The lowest BCUT2D eigenvalue weighted by atomic mass is 10.1. The number of ether oxygens (including phenoxy) is 2. The van der Waals surface area contributed by atoms with Crippen molar-refractivity contribution in [3.8, 4) is 0 Å². The lowest BCUT2D eigenvalue weighted by molar-refractivity contribution is -0.148. The van der Waals surface area contributed by atoms with E-state index in [1.807, 2.05) is 0 Å². The summed E-state index contributed by atoms with van der Waals surface area (Å²) >= 11 is 0. The van der Waals surface area contributed by atoms with E-state index in [-0.39, 0.29) is 12.9 Å². The molecule has 33 heavy (non-hydrogen) atoms. The SMILES string of the molecule is CCCCCCCCCCOC(CCCCC/C=C/CCO)OCCCCCCCCCC. The normalized spacial score (nSPS) is 11.9. The molecule has 0 heterocycles. The van der Waals surface area contributed by atoms with Crippen LogP contribution in [0, 0.1) is 0 Å². The van der Waals surface area contributed by atoms with Gasteiger partial charge >= 0.3 is 0 Å². The van der Waals surface area contributed by atoms with Crippen LogP contribution in [0.2, 0.25) is 0 Å². The van der Waals surface area contributed by atoms with Crippen LogP contribution in [-0.2, 0) is 9.47 Å². The number of aliphatic hydroxyl groups excluding tert-OH is 1. The Morgan fingerprint density at radius 2 is 0.939 bits per heavy atom. The summed E-state index contributed by atoms with van der Waals surface area (Å²) in [4.78, 5) is 0. The fourth-order valence-electron chi connectivity index (χ4n) is 4.18. The molecule has 0 aromatic heterocycles. The van der Waals surface area contributed by atoms with E-state index in [4.69, 9.17) is 14.6 Å². The van der Waals surface area contributed by atoms with Crippen molar-refractivity contribution in [3.05, 3.63) is 12.2 Å². The first-order chi connectivity index (χ1) is 16.3. The van der Waals surface area contributed by atoms with E-state index in [0.717, 1.165) is 32.5 Å². The number of allylic oxidation sites excluding steroid dienone is 1. The van der Waals surface area contributed by atoms with Gasteiger partial charge in [-0.3, -0.25) is 0 Å². The molecular weight excluding hydrogens is 408 g/mol. The Bertz CT molecular complexity index is 348. The van der Waals surface area contributed by atoms with E-state index in [0.29, 0.717) is 0 Å². The van der Waals surface area contributed by atoms with Crippen LogP contribution in [0.1, 0.15) is 155 Å². The Kier molecular flexibility index (Phi) is 29.3. The molecule has 0 aromatic rings. The maximum absolute atomic E-state index is 8.81. The Balaban J connectivity index is 3.88. The number of hydrogen-bond acceptors (Lipinski definition) is 3. The van der Waals surface area contributed by atoms with Crippen LogP contribution < -0.4 is 0 Å². The van der Waals surface area contributed by atoms with Gasteiger partial charge in [-0.05, 0) is 44.9 Å². The quantitative estimate of drug-likeness (QED) is 0.0705. The third-order valence-corrected chi connectivity index (χ3v) is 6.38. The third-order valence-electron chi connectivity index (χ3n) is 6.38. The Hall–Kier alpha value is -0.380. The minimum Gasteiger partial charge on any atom is -0.396 e. The average molecular weight is 469 g/mol. The summed E-state index contributed by atoms with van der Waals surface area (Å²) in [7, 11) is 0. The largest absolute Gasteiger partial charge is 0.396 e. The molecule has 0 atom stereocenters. The second kappa shape index (κ2) is 29.7. The molecule has 0 aliphatic carbocycles. The second-order valence-corrected chi connectivity index (χ2v) is 9.74. The van der Waals surface area contributed by atoms with Gasteiger partial charge in [-0.15, -0.1) is 0 Å². The predicted octanol–water partition coefficient (Wildman–Crippen LogP) is 9.52. The van der Waals surface area contributed by atoms with E-state index in [1.165, 1.54) is 122 Å². The number of rotatable bonds is 28. The first kappa shape index (κ1) is 32.6. The molecule has 0 rings (SSSR count). The maximum Gasteiger partial charge on any atom is 0.157 e. The van der Waals surface area contributed by atoms with Gasteiger partial charge in [0.25, 0.3) is 0 Å². The third kappa shape index (κ3) is 27.7. The minimum atomic E-state index is -0.0101. The van der Waals surface area contributed by atoms with Gasteiger partial charge in [-0.1, -0.05) is 122 Å². The Morgan fingerprint density at radius 3 is 1.42 bits per heavy atom. The summed E-state index contributed by atoms with van der Waals surface area (Å²) in [5.41, 5.74) is 0. The predicted molar refractivity (Wildman–Crippen MR) is 145 cm³/mol. The standard InChI is InChI=1S/C30H60O3/c1-3-5-7-9-11-16-20-24-28-32-30(26-22-18-14-13-15-19-23-27-31)33-29-25-21-17-12-10-8-6-4-2/h15,19,30-31H,3-14,16-18,20-29H2,1-2H3/b19-15+. The molecule has 0 aromatic carbocycles. The highest BCUT2D eigenvalue weighted by Gasteiger charge is 2.09. The van der Waals surface area contributed by atoms with Gasteiger partial charge in [-0.25, -0.2) is 0 Å². The zero-order valence-corrected chi connectivity index (χ0v) is 22.7. The van der Waals surface area contributed by atoms with Crippen molar-refractivity contribution in [1.82, 2.24) is 0 Å². The summed E-state index contributed by atoms with van der Waals surface area (Å²) in [6, 6.07) is 0. The lowest BCUT2D eigenvalue weighted by Gasteiger charge is -2.19. The van der Waals surface area contributed by atoms with Crippen molar-refractivity contribution < 1.29 is 14.6 Å². The van der Waals surface area contributed by atoms with E-state index in [1.54, 1.807) is 0 Å². The van der Waals surface area contributed by atoms with Crippen LogP contribution in [0.25, 0.3) is 0 Å². The van der Waals surface area contributed by atoms with Gasteiger partial charge in [0, 0.05) is 19.8 Å². The van der Waals surface area contributed by atoms with Crippen LogP contribution >= 0.6 is 0 Å². The molecule has 0 amide bonds. The number of aliphatic hydroxyl groups is 1. The van der Waals surface area contributed by atoms with Gasteiger partial charge in [0.15, 0.2) is 6.29 Å². The Morgan fingerprint density at radius 1 is 0.515 bits per heavy atom. The molecular formula is C30H60O3. The van der Waals surface area contributed by atoms with Gasteiger partial charge < -0.3 is 14.6 Å². The summed E-state index contributed by atoms with van der Waals surface area (Å²) in [5.74, 6) is 0. The van der Waals surface area contributed by atoms with Crippen LogP contribution in [0.15, 0.2) is 12.2 Å². The molecule has 0 unspecified atom stereocenters. The molecule has 3 heteroatoms. The second-order valence-electron chi connectivity index (χ2n) is 9.74. The fourth-order valence-corrected chi connectivity index (χ4v) is 4.18. The summed E-state index contributed by atoms with van der Waals surface area (Å²) < 4.78 is 12.3. The molecule has 198 valence electrons. The van der Waals surface area contributed by atoms with Gasteiger partial charge in [0.05, 0.1) is 0 Å². The van der Waals surface area contributed by atoms with Crippen molar-refractivity contribution >= 4 is 0 Å². The molecule has 0 spiro atoms. The molecule has 0 radical (unpaired) electrons. The highest BCUT2D eigenvalue weighted by atomic mass is 16.7. The van der Waals surface area contributed by atoms with E-state index in [2.05, 4.69) is 26.0 Å². The highest BCUT2D eigenvalue weighted by molar-refractivity contribution is 4.80. The van der Waals surface area contributed by atoms with E-state index in [9.17, 15) is 0 Å². The van der Waals surface area contributed by atoms with Crippen molar-refractivity contribution in [2.45, 2.75) is 161 Å². The summed E-state index contributed by atoms with van der Waals surface area (Å²) in [6.07, 6.45) is 32.2. The van der Waals surface area contributed by atoms with Crippen LogP contribution in [0.3, 0.4) is 0 Å². The first-order valence-corrected chi connectivity index (χ1v) is 14.8. The average Bonchev–Trinajstić information content (AvgIpc) is 2.83. The molecule has 0 bridgehead atoms. The minimum absolute atomic E-state index is 0.0101. The zero-order valence-electron chi connectivity index (χ0n) is 22.7. The molecule has 0 aliphatic heterocycles. The van der Waals surface area contributed by atoms with Crippen LogP contribution in [-0.4, -0.2) is 31.2 Å². The zero-order chi connectivity index (χ0) is 24.1. The highest BCUT2D eigenvalue weighted by Crippen LogP contribution is 2.14. The molecule has 0 saturated carbocycles. The van der Waals surface area contributed by atoms with Gasteiger partial charge in [0.2, 0.25) is 0 Å². The molecule has 0 aliphatic rings. The molecule has 3 nitrogen and oxygen atoms in total. The summed E-state index contributed by atoms with van der Waals surface area (Å²) in [6.45, 7) is 6.51. The van der Waals surface area contributed by atoms with Gasteiger partial charge in [-0.2, -0.15) is 0 Å². The van der Waals surface area contributed by atoms with E-state index < -0.39 is 0 Å². The monoisotopic (exact) mass is 468 g/mol. The van der Waals surface area contributed by atoms with E-state index >= 15 is 0 Å². The topological polar surface area (TPSA) is 38.7 Å². The Labute approximate surface area is 208 Å². The van der Waals surface area contributed by atoms with Crippen molar-refractivity contribution in [1.29, 1.82) is 0 Å². The van der Waals surface area contributed by atoms with Crippen LogP contribution in [0.5, 0.6) is 0 Å². The lowest BCUT2D eigenvalue weighted by Crippen LogP contribution is -2.19. The van der Waals surface area contributed by atoms with Crippen molar-refractivity contribution in [2.75, 3.05) is 19.8 Å². The molecule has 1 N–H and O–H groups in total. The molecule has 0 fully saturated rings. The van der Waals surface area contributed by atoms with Gasteiger partial charge in [0.1, 0.15) is 0 Å². The van der Waals surface area contributed by atoms with Crippen LogP contribution in [0.4, 0.5) is 0 Å². The molecule has 0 saturated heterocycles. The fraction of sp³-hybridized carbons (Fsp3) is 0.933. The van der Waals surface area contributed by atoms with Crippen molar-refractivity contribution in [3.63, 3.8) is 0 Å². The van der Waals surface area contributed by atoms with Crippen molar-refractivity contribution in [2.24, 2.45) is 0 Å². The number of hydrogen-bond donors (Lipinski definition) is 1. The smallest absolute Gasteiger partial charge is 0.157 e. The summed E-state index contributed by atoms with van der Waals surface area (Å²) in [5, 5.41) is 8.81. The first-order valence-electron chi connectivity index (χ1n) is 14.8.